The highest BCUT2D eigenvalue weighted by Crippen LogP contribution is 2.28. The number of aryl methyl sites for hydroxylation is 1. The van der Waals surface area contributed by atoms with Crippen molar-refractivity contribution < 1.29 is 13.9 Å². The van der Waals surface area contributed by atoms with Gasteiger partial charge < -0.3 is 14.0 Å². The minimum absolute atomic E-state index is 0.00161. The third-order valence-electron chi connectivity index (χ3n) is 7.76. The Morgan fingerprint density at radius 1 is 1.11 bits per heavy atom. The lowest BCUT2D eigenvalue weighted by molar-refractivity contribution is 0.0865. The molecule has 0 amide bonds. The zero-order valence-corrected chi connectivity index (χ0v) is 25.7. The van der Waals surface area contributed by atoms with E-state index in [1.165, 1.54) is 6.20 Å². The van der Waals surface area contributed by atoms with E-state index in [2.05, 4.69) is 34.6 Å². The summed E-state index contributed by atoms with van der Waals surface area (Å²) in [6.45, 7) is 5.51. The van der Waals surface area contributed by atoms with Gasteiger partial charge in [0.2, 0.25) is 5.82 Å². The van der Waals surface area contributed by atoms with E-state index in [1.54, 1.807) is 6.20 Å². The van der Waals surface area contributed by atoms with Crippen molar-refractivity contribution in [2.45, 2.75) is 50.8 Å². The fourth-order valence-corrected chi connectivity index (χ4v) is 6.54. The molecule has 14 heteroatoms. The van der Waals surface area contributed by atoms with Gasteiger partial charge in [0.1, 0.15) is 34.5 Å². The number of rotatable bonds is 9. The summed E-state index contributed by atoms with van der Waals surface area (Å²) in [6.07, 6.45) is 4.78. The number of nitrogens with one attached hydrogen (secondary N) is 1. The van der Waals surface area contributed by atoms with Gasteiger partial charge in [0.25, 0.3) is 5.88 Å². The van der Waals surface area contributed by atoms with Crippen molar-refractivity contribution in [1.29, 1.82) is 0 Å². The largest absolute Gasteiger partial charge is 0.472 e. The maximum absolute atomic E-state index is 14.6. The molecule has 0 saturated carbocycles. The van der Waals surface area contributed by atoms with E-state index < -0.39 is 5.82 Å². The van der Waals surface area contributed by atoms with Crippen molar-refractivity contribution in [3.63, 3.8) is 0 Å². The highest BCUT2D eigenvalue weighted by molar-refractivity contribution is 7.99. The number of fused-ring (bicyclic) bond motifs is 1. The van der Waals surface area contributed by atoms with Crippen molar-refractivity contribution in [1.82, 2.24) is 44.6 Å². The number of aromatic amines is 1. The molecule has 11 nitrogen and oxygen atoms in total. The quantitative estimate of drug-likeness (QED) is 0.241. The fraction of sp³-hybridized carbons (Fsp3) is 0.400. The van der Waals surface area contributed by atoms with Crippen LogP contribution < -0.4 is 4.74 Å². The summed E-state index contributed by atoms with van der Waals surface area (Å²) < 4.78 is 28.8. The highest BCUT2D eigenvalue weighted by atomic mass is 35.5. The summed E-state index contributed by atoms with van der Waals surface area (Å²) in [5.74, 6) is 3.20. The first kappa shape index (κ1) is 29.1. The summed E-state index contributed by atoms with van der Waals surface area (Å²) >= 11 is 7.80. The van der Waals surface area contributed by atoms with Crippen LogP contribution in [0, 0.1) is 12.7 Å². The van der Waals surface area contributed by atoms with Crippen LogP contribution in [0.1, 0.15) is 35.9 Å². The molecule has 2 fully saturated rings. The molecule has 0 radical (unpaired) electrons. The number of nitrogens with zero attached hydrogens (tertiary/aromatic N) is 8. The molecular formula is C30H31ClFN9O2S. The average Bonchev–Trinajstić information content (AvgIpc) is 3.78. The number of benzene rings is 1. The van der Waals surface area contributed by atoms with Crippen LogP contribution in [0.2, 0.25) is 5.02 Å². The molecule has 0 unspecified atom stereocenters. The van der Waals surface area contributed by atoms with Gasteiger partial charge in [-0.3, -0.25) is 10.00 Å². The first-order chi connectivity index (χ1) is 21.5. The number of hydrogen-bond acceptors (Lipinski definition) is 10. The smallest absolute Gasteiger partial charge is 0.254 e. The van der Waals surface area contributed by atoms with Gasteiger partial charge in [0, 0.05) is 42.0 Å². The lowest BCUT2D eigenvalue weighted by Crippen LogP contribution is -2.38. The van der Waals surface area contributed by atoms with Gasteiger partial charge in [0.05, 0.1) is 25.9 Å². The molecule has 5 aromatic rings. The van der Waals surface area contributed by atoms with Gasteiger partial charge in [-0.25, -0.2) is 19.9 Å². The van der Waals surface area contributed by atoms with E-state index in [4.69, 9.17) is 31.0 Å². The van der Waals surface area contributed by atoms with Crippen molar-refractivity contribution in [3.05, 3.63) is 76.6 Å². The molecule has 1 N–H and O–H groups in total. The van der Waals surface area contributed by atoms with Crippen LogP contribution in [0.4, 0.5) is 4.39 Å². The Kier molecular flexibility index (Phi) is 8.43. The Bertz CT molecular complexity index is 1750. The lowest BCUT2D eigenvalue weighted by atomic mass is 10.1. The number of H-pyrrole nitrogens is 1. The molecule has 6 heterocycles. The molecule has 2 aliphatic rings. The maximum atomic E-state index is 14.6. The van der Waals surface area contributed by atoms with Crippen molar-refractivity contribution in [3.8, 4) is 17.3 Å². The van der Waals surface area contributed by atoms with Crippen molar-refractivity contribution in [2.24, 2.45) is 0 Å². The molecule has 1 aromatic carbocycles. The first-order valence-electron chi connectivity index (χ1n) is 14.6. The molecule has 0 aliphatic carbocycles. The molecule has 7 rings (SSSR count). The lowest BCUT2D eigenvalue weighted by Gasteiger charge is -2.31. The number of hydrogen-bond donors (Lipinski definition) is 1. The second-order valence-corrected chi connectivity index (χ2v) is 12.7. The van der Waals surface area contributed by atoms with Crippen molar-refractivity contribution >= 4 is 34.5 Å². The standard InChI is InChI=1S/C30H31ClFN9O2S/c1-18-35-28(39-38-18)20-13-24-29(34-14-20)41(17-27-42-10-11-44-27)26(36-24)16-40-8-6-22(7-9-40)43-30-23(32)15-33-25(37-30)12-19-2-4-21(31)5-3-19/h2-5,13-15,22,27H,6-12,16-17H2,1H3,(H,35,38,39)/t27-/m0/s1. The molecule has 4 aromatic heterocycles. The summed E-state index contributed by atoms with van der Waals surface area (Å²) in [5, 5.41) is 7.82. The predicted molar refractivity (Wildman–Crippen MR) is 165 cm³/mol. The van der Waals surface area contributed by atoms with Crippen LogP contribution >= 0.6 is 23.4 Å². The summed E-state index contributed by atoms with van der Waals surface area (Å²) in [4.78, 5) is 25.1. The van der Waals surface area contributed by atoms with E-state index in [9.17, 15) is 4.39 Å². The fourth-order valence-electron chi connectivity index (χ4n) is 5.51. The van der Waals surface area contributed by atoms with Gasteiger partial charge in [-0.2, -0.15) is 14.5 Å². The highest BCUT2D eigenvalue weighted by Gasteiger charge is 2.26. The van der Waals surface area contributed by atoms with Crippen molar-refractivity contribution in [2.75, 3.05) is 25.4 Å². The number of aromatic nitrogens is 8. The summed E-state index contributed by atoms with van der Waals surface area (Å²) in [7, 11) is 0. The van der Waals surface area contributed by atoms with Gasteiger partial charge in [-0.05, 0) is 43.5 Å². The Labute approximate surface area is 262 Å². The number of halogens is 2. The van der Waals surface area contributed by atoms with Crippen LogP contribution in [-0.4, -0.2) is 81.6 Å². The SMILES string of the molecule is Cc1nc(-c2cnc3c(c2)nc(CN2CCC(Oc4nc(Cc5ccc(Cl)cc5)ncc4F)CC2)n3C[C@H]2OCCS2)n[nH]1. The predicted octanol–water partition coefficient (Wildman–Crippen LogP) is 4.83. The first-order valence-corrected chi connectivity index (χ1v) is 16.0. The zero-order valence-electron chi connectivity index (χ0n) is 24.1. The van der Waals surface area contributed by atoms with Crippen LogP contribution in [-0.2, 0) is 24.2 Å². The molecule has 2 saturated heterocycles. The number of likely N-dealkylation sites (tertiary alicyclic amines) is 1. The Balaban J connectivity index is 1.03. The van der Waals surface area contributed by atoms with Gasteiger partial charge in [0.15, 0.2) is 11.5 Å². The average molecular weight is 636 g/mol. The Hall–Kier alpha value is -3.65. The third-order valence-corrected chi connectivity index (χ3v) is 9.07. The van der Waals surface area contributed by atoms with Crippen LogP contribution in [0.3, 0.4) is 0 Å². The van der Waals surface area contributed by atoms with Gasteiger partial charge >= 0.3 is 0 Å². The summed E-state index contributed by atoms with van der Waals surface area (Å²) in [5.41, 5.74) is 3.49. The van der Waals surface area contributed by atoms with E-state index in [-0.39, 0.29) is 17.4 Å². The Morgan fingerprint density at radius 2 is 1.95 bits per heavy atom. The molecule has 0 spiro atoms. The second kappa shape index (κ2) is 12.8. The maximum Gasteiger partial charge on any atom is 0.254 e. The third kappa shape index (κ3) is 6.55. The molecule has 44 heavy (non-hydrogen) atoms. The molecule has 0 bridgehead atoms. The monoisotopic (exact) mass is 635 g/mol. The van der Waals surface area contributed by atoms with E-state index in [1.807, 2.05) is 49.0 Å². The topological polar surface area (TPSA) is 120 Å². The number of thioether (sulfide) groups is 1. The Morgan fingerprint density at radius 3 is 2.70 bits per heavy atom. The van der Waals surface area contributed by atoms with Crippen LogP contribution in [0.5, 0.6) is 5.88 Å². The number of piperidine rings is 1. The summed E-state index contributed by atoms with van der Waals surface area (Å²) in [6, 6.07) is 9.44. The van der Waals surface area contributed by atoms with Gasteiger partial charge in [-0.1, -0.05) is 23.7 Å². The van der Waals surface area contributed by atoms with E-state index >= 15 is 0 Å². The number of pyridine rings is 1. The van der Waals surface area contributed by atoms with Crippen LogP contribution in [0.15, 0.2) is 42.7 Å². The number of imidazole rings is 1. The molecule has 1 atom stereocenters. The van der Waals surface area contributed by atoms with E-state index in [0.717, 1.165) is 72.2 Å². The van der Waals surface area contributed by atoms with E-state index in [0.29, 0.717) is 36.2 Å². The minimum Gasteiger partial charge on any atom is -0.472 e. The molecule has 2 aliphatic heterocycles. The normalized spacial score (nSPS) is 17.9. The zero-order chi connectivity index (χ0) is 30.0. The second-order valence-electron chi connectivity index (χ2n) is 11.0. The van der Waals surface area contributed by atoms with Gasteiger partial charge in [-0.15, -0.1) is 11.8 Å². The number of ether oxygens (including phenoxy) is 2. The minimum atomic E-state index is -0.555. The molecule has 228 valence electrons. The van der Waals surface area contributed by atoms with Crippen LogP contribution in [0.25, 0.3) is 22.6 Å². The molecular weight excluding hydrogens is 605 g/mol.